The third-order valence-electron chi connectivity index (χ3n) is 4.77. The van der Waals surface area contributed by atoms with E-state index in [-0.39, 0.29) is 36.6 Å². The normalized spacial score (nSPS) is 16.5. The Morgan fingerprint density at radius 2 is 1.87 bits per heavy atom. The number of benzene rings is 1. The summed E-state index contributed by atoms with van der Waals surface area (Å²) >= 11 is 0. The number of piperazine rings is 1. The smallest absolute Gasteiger partial charge is 0.245 e. The van der Waals surface area contributed by atoms with Gasteiger partial charge in [0, 0.05) is 31.3 Å². The van der Waals surface area contributed by atoms with Crippen LogP contribution in [-0.4, -0.2) is 71.7 Å². The molecule has 0 amide bonds. The van der Waals surface area contributed by atoms with Crippen LogP contribution in [0.1, 0.15) is 13.8 Å². The van der Waals surface area contributed by atoms with E-state index in [1.165, 1.54) is 4.80 Å². The fourth-order valence-electron chi connectivity index (χ4n) is 3.15. The van der Waals surface area contributed by atoms with E-state index in [0.717, 1.165) is 13.1 Å². The molecule has 1 fully saturated rings. The van der Waals surface area contributed by atoms with E-state index in [4.69, 9.17) is 0 Å². The van der Waals surface area contributed by atoms with Crippen molar-refractivity contribution in [3.63, 3.8) is 0 Å². The van der Waals surface area contributed by atoms with Crippen molar-refractivity contribution < 1.29 is 10.2 Å². The van der Waals surface area contributed by atoms with Crippen molar-refractivity contribution in [2.75, 3.05) is 24.5 Å². The molecule has 0 saturated carbocycles. The first-order valence-corrected chi connectivity index (χ1v) is 9.02. The summed E-state index contributed by atoms with van der Waals surface area (Å²) in [4.78, 5) is 7.82. The highest BCUT2D eigenvalue weighted by Crippen LogP contribution is 2.29. The Balaban J connectivity index is 0.00000160. The minimum Gasteiger partial charge on any atom is -0.507 e. The zero-order chi connectivity index (χ0) is 19.7. The minimum atomic E-state index is -0.844. The van der Waals surface area contributed by atoms with Gasteiger partial charge in [0.25, 0.3) is 0 Å². The molecule has 1 atom stereocenters. The molecule has 1 aliphatic rings. The molecule has 3 aromatic rings. The molecule has 12 heteroatoms. The first kappa shape index (κ1) is 23.7. The highest BCUT2D eigenvalue weighted by Gasteiger charge is 2.32. The van der Waals surface area contributed by atoms with Gasteiger partial charge in [-0.3, -0.25) is 0 Å². The number of anilines is 1. The summed E-state index contributed by atoms with van der Waals surface area (Å²) in [6.07, 6.45) is 4.72. The standard InChI is InChI=1S/C18H22N8O2.2ClH/c1-18(2,28)16-11-25(8-7-19-16)17-20-10-14(23-24-17)13-4-3-12(9-15(13)27)26-21-5-6-22-26;;/h3-6,9-10,16,19,27-28H,7-8,11H2,1-2H3;2*1H. The second-order valence-electron chi connectivity index (χ2n) is 7.27. The molecule has 1 aromatic carbocycles. The molecular formula is C18H24Cl2N8O2. The summed E-state index contributed by atoms with van der Waals surface area (Å²) in [6.45, 7) is 5.60. The maximum atomic E-state index is 10.4. The molecule has 162 valence electrons. The van der Waals surface area contributed by atoms with E-state index >= 15 is 0 Å². The number of hydrogen-bond donors (Lipinski definition) is 3. The summed E-state index contributed by atoms with van der Waals surface area (Å²) in [7, 11) is 0. The average Bonchev–Trinajstić information content (AvgIpc) is 3.22. The predicted octanol–water partition coefficient (Wildman–Crippen LogP) is 1.22. The number of phenolic OH excluding ortho intramolecular Hbond substituents is 1. The molecular weight excluding hydrogens is 431 g/mol. The van der Waals surface area contributed by atoms with Crippen LogP contribution in [0.3, 0.4) is 0 Å². The maximum Gasteiger partial charge on any atom is 0.245 e. The van der Waals surface area contributed by atoms with E-state index in [9.17, 15) is 10.2 Å². The quantitative estimate of drug-likeness (QED) is 0.533. The second-order valence-corrected chi connectivity index (χ2v) is 7.27. The van der Waals surface area contributed by atoms with Crippen LogP contribution in [-0.2, 0) is 0 Å². The number of nitrogens with one attached hydrogen (secondary N) is 1. The Hall–Kier alpha value is -2.53. The third kappa shape index (κ3) is 4.96. The average molecular weight is 455 g/mol. The molecule has 1 unspecified atom stereocenters. The molecule has 0 radical (unpaired) electrons. The van der Waals surface area contributed by atoms with Gasteiger partial charge in [0.1, 0.15) is 11.4 Å². The topological polar surface area (TPSA) is 125 Å². The predicted molar refractivity (Wildman–Crippen MR) is 117 cm³/mol. The summed E-state index contributed by atoms with van der Waals surface area (Å²) in [6, 6.07) is 5.00. The first-order valence-electron chi connectivity index (χ1n) is 9.02. The van der Waals surface area contributed by atoms with Gasteiger partial charge >= 0.3 is 0 Å². The Morgan fingerprint density at radius 1 is 1.13 bits per heavy atom. The molecule has 1 aliphatic heterocycles. The van der Waals surface area contributed by atoms with Gasteiger partial charge in [-0.05, 0) is 26.0 Å². The van der Waals surface area contributed by atoms with Gasteiger partial charge in [0.15, 0.2) is 0 Å². The Bertz CT molecular complexity index is 948. The lowest BCUT2D eigenvalue weighted by molar-refractivity contribution is 0.0362. The van der Waals surface area contributed by atoms with Gasteiger partial charge in [-0.25, -0.2) is 4.98 Å². The first-order chi connectivity index (χ1) is 13.4. The zero-order valence-electron chi connectivity index (χ0n) is 16.5. The molecule has 0 bridgehead atoms. The van der Waals surface area contributed by atoms with Crippen molar-refractivity contribution in [3.8, 4) is 22.7 Å². The summed E-state index contributed by atoms with van der Waals surface area (Å²) < 4.78 is 0. The highest BCUT2D eigenvalue weighted by atomic mass is 35.5. The van der Waals surface area contributed by atoms with Crippen molar-refractivity contribution >= 4 is 30.8 Å². The number of hydrogen-bond acceptors (Lipinski definition) is 9. The lowest BCUT2D eigenvalue weighted by Crippen LogP contribution is -2.59. The van der Waals surface area contributed by atoms with Crippen LogP contribution < -0.4 is 10.2 Å². The van der Waals surface area contributed by atoms with Gasteiger partial charge in [0.05, 0.1) is 35.9 Å². The Morgan fingerprint density at radius 3 is 2.47 bits per heavy atom. The molecule has 0 aliphatic carbocycles. The summed E-state index contributed by atoms with van der Waals surface area (Å²) in [5.74, 6) is 0.541. The van der Waals surface area contributed by atoms with Gasteiger partial charge in [-0.2, -0.15) is 15.0 Å². The van der Waals surface area contributed by atoms with Crippen LogP contribution >= 0.6 is 24.8 Å². The maximum absolute atomic E-state index is 10.4. The molecule has 1 saturated heterocycles. The van der Waals surface area contributed by atoms with Crippen molar-refractivity contribution in [2.45, 2.75) is 25.5 Å². The highest BCUT2D eigenvalue weighted by molar-refractivity contribution is 5.85. The van der Waals surface area contributed by atoms with Crippen LogP contribution in [0, 0.1) is 0 Å². The van der Waals surface area contributed by atoms with E-state index in [2.05, 4.69) is 30.7 Å². The molecule has 3 heterocycles. The number of phenols is 1. The molecule has 0 spiro atoms. The van der Waals surface area contributed by atoms with E-state index in [1.807, 2.05) is 4.90 Å². The van der Waals surface area contributed by atoms with Gasteiger partial charge < -0.3 is 20.4 Å². The Labute approximate surface area is 186 Å². The number of aliphatic hydroxyl groups is 1. The van der Waals surface area contributed by atoms with Crippen molar-refractivity contribution in [1.29, 1.82) is 0 Å². The van der Waals surface area contributed by atoms with Crippen LogP contribution in [0.4, 0.5) is 5.95 Å². The third-order valence-corrected chi connectivity index (χ3v) is 4.77. The van der Waals surface area contributed by atoms with Gasteiger partial charge in [-0.1, -0.05) is 0 Å². The van der Waals surface area contributed by atoms with Gasteiger partial charge in [0.2, 0.25) is 5.95 Å². The van der Waals surface area contributed by atoms with E-state index in [0.29, 0.717) is 29.4 Å². The Kier molecular flexibility index (Phi) is 7.54. The fraction of sp³-hybridized carbons (Fsp3) is 0.389. The molecule has 30 heavy (non-hydrogen) atoms. The van der Waals surface area contributed by atoms with E-state index < -0.39 is 5.60 Å². The van der Waals surface area contributed by atoms with Crippen LogP contribution in [0.25, 0.3) is 16.9 Å². The van der Waals surface area contributed by atoms with Crippen LogP contribution in [0.5, 0.6) is 5.75 Å². The second kappa shape index (κ2) is 9.52. The van der Waals surface area contributed by atoms with Crippen molar-refractivity contribution in [1.82, 2.24) is 35.5 Å². The molecule has 3 N–H and O–H groups in total. The zero-order valence-corrected chi connectivity index (χ0v) is 18.1. The van der Waals surface area contributed by atoms with Gasteiger partial charge in [-0.15, -0.1) is 35.0 Å². The number of aromatic hydroxyl groups is 1. The number of nitrogens with zero attached hydrogens (tertiary/aromatic N) is 7. The fourth-order valence-corrected chi connectivity index (χ4v) is 3.15. The molecule has 2 aromatic heterocycles. The molecule has 4 rings (SSSR count). The SMILES string of the molecule is CC(C)(O)C1CN(c2ncc(-c3ccc(-n4nccn4)cc3O)nn2)CCN1.Cl.Cl. The summed E-state index contributed by atoms with van der Waals surface area (Å²) in [5.41, 5.74) is 0.790. The number of rotatable bonds is 4. The largest absolute Gasteiger partial charge is 0.507 e. The monoisotopic (exact) mass is 454 g/mol. The lowest BCUT2D eigenvalue weighted by Gasteiger charge is -2.39. The van der Waals surface area contributed by atoms with E-state index in [1.54, 1.807) is 50.6 Å². The van der Waals surface area contributed by atoms with Crippen LogP contribution in [0.2, 0.25) is 0 Å². The number of aromatic nitrogens is 6. The van der Waals surface area contributed by atoms with Crippen molar-refractivity contribution in [3.05, 3.63) is 36.8 Å². The molecule has 10 nitrogen and oxygen atoms in total. The van der Waals surface area contributed by atoms with Crippen molar-refractivity contribution in [2.24, 2.45) is 0 Å². The minimum absolute atomic E-state index is 0. The lowest BCUT2D eigenvalue weighted by atomic mass is 9.97. The van der Waals surface area contributed by atoms with Crippen LogP contribution in [0.15, 0.2) is 36.8 Å². The number of halogens is 2. The summed E-state index contributed by atoms with van der Waals surface area (Å²) in [5, 5.41) is 40.5.